The Labute approximate surface area is 90.2 Å². The third kappa shape index (κ3) is 0.945. The van der Waals surface area contributed by atoms with Gasteiger partial charge in [0.05, 0.1) is 0 Å². The minimum Gasteiger partial charge on any atom is -0.506 e. The van der Waals surface area contributed by atoms with Gasteiger partial charge in [-0.2, -0.15) is 0 Å². The molecule has 3 nitrogen and oxygen atoms in total. The van der Waals surface area contributed by atoms with Gasteiger partial charge in [-0.15, -0.1) is 0 Å². The molecule has 1 aliphatic rings. The second kappa shape index (κ2) is 2.85. The van der Waals surface area contributed by atoms with Crippen LogP contribution in [0.4, 0.5) is 0 Å². The van der Waals surface area contributed by atoms with Crippen molar-refractivity contribution in [2.75, 3.05) is 0 Å². The number of aromatic carboxylic acids is 1. The largest absolute Gasteiger partial charge is 0.506 e. The second-order valence-corrected chi connectivity index (χ2v) is 3.74. The van der Waals surface area contributed by atoms with Crippen molar-refractivity contribution < 1.29 is 15.0 Å². The van der Waals surface area contributed by atoms with Gasteiger partial charge in [-0.25, -0.2) is 4.79 Å². The summed E-state index contributed by atoms with van der Waals surface area (Å²) in [4.78, 5) is 10.9. The smallest absolute Gasteiger partial charge is 0.339 e. The van der Waals surface area contributed by atoms with Crippen LogP contribution in [0.3, 0.4) is 0 Å². The third-order valence-corrected chi connectivity index (χ3v) is 2.89. The predicted molar refractivity (Wildman–Crippen MR) is 56.9 cm³/mol. The molecule has 3 heteroatoms. The van der Waals surface area contributed by atoms with Crippen LogP contribution in [0, 0.1) is 20.9 Å². The summed E-state index contributed by atoms with van der Waals surface area (Å²) in [5.41, 5.74) is -0.0479. The van der Waals surface area contributed by atoms with Crippen LogP contribution in [-0.4, -0.2) is 16.2 Å². The Morgan fingerprint density at radius 3 is 2.31 bits per heavy atom. The van der Waals surface area contributed by atoms with Gasteiger partial charge in [0.15, 0.2) is 0 Å². The second-order valence-electron chi connectivity index (χ2n) is 3.74. The molecule has 0 radical (unpaired) electrons. The van der Waals surface area contributed by atoms with Crippen molar-refractivity contribution in [1.29, 1.82) is 0 Å². The Balaban J connectivity index is 2.54. The molecule has 0 saturated carbocycles. The minimum atomic E-state index is -1.11. The lowest BCUT2D eigenvalue weighted by Gasteiger charge is -2.08. The highest BCUT2D eigenvalue weighted by molar-refractivity contribution is 5.90. The molecule has 0 spiro atoms. The quantitative estimate of drug-likeness (QED) is 0.648. The molecule has 0 heterocycles. The molecular weight excluding hydrogens is 204 g/mol. The van der Waals surface area contributed by atoms with E-state index in [1.807, 2.05) is 24.3 Å². The molecule has 3 rings (SSSR count). The van der Waals surface area contributed by atoms with Crippen LogP contribution in [0.5, 0.6) is 5.75 Å². The Morgan fingerprint density at radius 1 is 0.938 bits per heavy atom. The van der Waals surface area contributed by atoms with Gasteiger partial charge in [0, 0.05) is 5.22 Å². The molecule has 0 atom stereocenters. The average Bonchev–Trinajstić information content (AvgIpc) is 2.24. The van der Waals surface area contributed by atoms with Crippen LogP contribution in [0.25, 0.3) is 0 Å². The van der Waals surface area contributed by atoms with Crippen LogP contribution in [0.2, 0.25) is 0 Å². The Kier molecular flexibility index (Phi) is 1.60. The molecule has 0 fully saturated rings. The molecule has 0 aromatic heterocycles. The fraction of sp³-hybridized carbons (Fsp3) is 0. The summed E-state index contributed by atoms with van der Waals surface area (Å²) in [6, 6.07) is 10.8. The summed E-state index contributed by atoms with van der Waals surface area (Å²) in [6.07, 6.45) is 0. The number of carbonyl (C=O) groups is 1. The molecule has 2 aromatic rings. The SMILES string of the molecule is O=C(O)c1ccc2c(c1O)=c1ccccc1=2. The van der Waals surface area contributed by atoms with E-state index in [4.69, 9.17) is 5.11 Å². The van der Waals surface area contributed by atoms with Gasteiger partial charge >= 0.3 is 5.97 Å². The van der Waals surface area contributed by atoms with Gasteiger partial charge < -0.3 is 10.2 Å². The molecule has 0 amide bonds. The first-order valence-corrected chi connectivity index (χ1v) is 4.89. The summed E-state index contributed by atoms with van der Waals surface area (Å²) < 4.78 is 0. The van der Waals surface area contributed by atoms with Gasteiger partial charge in [0.25, 0.3) is 0 Å². The highest BCUT2D eigenvalue weighted by Gasteiger charge is 2.14. The van der Waals surface area contributed by atoms with Crippen LogP contribution in [0.15, 0.2) is 36.4 Å². The van der Waals surface area contributed by atoms with E-state index in [-0.39, 0.29) is 11.3 Å². The maximum Gasteiger partial charge on any atom is 0.339 e. The first-order chi connectivity index (χ1) is 7.70. The van der Waals surface area contributed by atoms with E-state index >= 15 is 0 Å². The lowest BCUT2D eigenvalue weighted by Crippen LogP contribution is -2.00. The van der Waals surface area contributed by atoms with E-state index in [0.29, 0.717) is 5.22 Å². The van der Waals surface area contributed by atoms with E-state index in [2.05, 4.69) is 0 Å². The van der Waals surface area contributed by atoms with Crippen LogP contribution in [0.1, 0.15) is 10.4 Å². The van der Waals surface area contributed by atoms with Crippen molar-refractivity contribution in [1.82, 2.24) is 0 Å². The van der Waals surface area contributed by atoms with Gasteiger partial charge in [0.1, 0.15) is 11.3 Å². The van der Waals surface area contributed by atoms with Crippen LogP contribution >= 0.6 is 0 Å². The minimum absolute atomic E-state index is 0.0479. The van der Waals surface area contributed by atoms with Crippen molar-refractivity contribution in [3.05, 3.63) is 62.8 Å². The highest BCUT2D eigenvalue weighted by Crippen LogP contribution is 2.25. The number of hydrogen-bond acceptors (Lipinski definition) is 2. The van der Waals surface area contributed by atoms with E-state index in [1.165, 1.54) is 6.07 Å². The van der Waals surface area contributed by atoms with E-state index < -0.39 is 5.97 Å². The van der Waals surface area contributed by atoms with Crippen LogP contribution in [-0.2, 0) is 0 Å². The topological polar surface area (TPSA) is 57.5 Å². The molecule has 0 aliphatic heterocycles. The zero-order valence-electron chi connectivity index (χ0n) is 8.27. The fourth-order valence-electron chi connectivity index (χ4n) is 2.13. The van der Waals surface area contributed by atoms with Crippen molar-refractivity contribution in [3.63, 3.8) is 0 Å². The maximum atomic E-state index is 10.9. The normalized spacial score (nSPS) is 11.2. The zero-order chi connectivity index (χ0) is 11.3. The number of rotatable bonds is 1. The molecule has 2 aromatic carbocycles. The van der Waals surface area contributed by atoms with Crippen molar-refractivity contribution in [2.24, 2.45) is 0 Å². The zero-order valence-corrected chi connectivity index (χ0v) is 8.27. The third-order valence-electron chi connectivity index (χ3n) is 2.89. The molecule has 0 saturated heterocycles. The summed E-state index contributed by atoms with van der Waals surface area (Å²) >= 11 is 0. The maximum absolute atomic E-state index is 10.9. The van der Waals surface area contributed by atoms with Crippen LogP contribution < -0.4 is 0 Å². The molecule has 0 unspecified atom stereocenters. The lowest BCUT2D eigenvalue weighted by molar-refractivity contribution is 0.0693. The van der Waals surface area contributed by atoms with E-state index in [0.717, 1.165) is 15.7 Å². The average molecular weight is 212 g/mol. The lowest BCUT2D eigenvalue weighted by atomic mass is 9.98. The van der Waals surface area contributed by atoms with Crippen molar-refractivity contribution in [2.45, 2.75) is 0 Å². The Morgan fingerprint density at radius 2 is 1.62 bits per heavy atom. The van der Waals surface area contributed by atoms with Crippen molar-refractivity contribution in [3.8, 4) is 5.75 Å². The number of aromatic hydroxyl groups is 1. The van der Waals surface area contributed by atoms with Crippen molar-refractivity contribution >= 4 is 5.97 Å². The highest BCUT2D eigenvalue weighted by atomic mass is 16.4. The summed E-state index contributed by atoms with van der Waals surface area (Å²) in [6.45, 7) is 0. The van der Waals surface area contributed by atoms with Gasteiger partial charge in [-0.1, -0.05) is 30.3 Å². The van der Waals surface area contributed by atoms with Gasteiger partial charge in [-0.05, 0) is 21.7 Å². The number of phenols is 1. The van der Waals surface area contributed by atoms with Gasteiger partial charge in [0.2, 0.25) is 0 Å². The molecule has 2 N–H and O–H groups in total. The molecule has 0 bridgehead atoms. The number of fused-ring (bicyclic) bond motifs is 2. The van der Waals surface area contributed by atoms with E-state index in [1.54, 1.807) is 6.07 Å². The molecule has 16 heavy (non-hydrogen) atoms. The summed E-state index contributed by atoms with van der Waals surface area (Å²) in [7, 11) is 0. The number of benzene rings is 2. The van der Waals surface area contributed by atoms with Gasteiger partial charge in [-0.3, -0.25) is 0 Å². The standard InChI is InChI=1S/C13H8O3/c14-12-10(13(15)16)6-5-9-7-3-1-2-4-8(7)11(9)12/h1-6,14H,(H,15,16). The van der Waals surface area contributed by atoms with E-state index in [9.17, 15) is 9.90 Å². The first kappa shape index (κ1) is 8.97. The number of carboxylic acid groups (broad SMARTS) is 1. The molecular formula is C13H8O3. The summed E-state index contributed by atoms with van der Waals surface area (Å²) in [5.74, 6) is -1.24. The monoisotopic (exact) mass is 212 g/mol. The number of carboxylic acids is 1. The predicted octanol–water partition coefficient (Wildman–Crippen LogP) is 1.98. The number of hydrogen-bond donors (Lipinski definition) is 2. The Hall–Kier alpha value is -2.29. The Bertz CT molecular complexity index is 791. The summed E-state index contributed by atoms with van der Waals surface area (Å²) in [5, 5.41) is 22.3. The molecule has 1 aliphatic carbocycles. The molecule has 78 valence electrons. The fourth-order valence-corrected chi connectivity index (χ4v) is 2.13. The first-order valence-electron chi connectivity index (χ1n) is 4.89.